The van der Waals surface area contributed by atoms with E-state index in [0.717, 1.165) is 31.2 Å². The van der Waals surface area contributed by atoms with Crippen molar-refractivity contribution < 1.29 is 9.63 Å². The predicted octanol–water partition coefficient (Wildman–Crippen LogP) is 2.60. The van der Waals surface area contributed by atoms with Gasteiger partial charge in [0.25, 0.3) is 5.89 Å². The predicted molar refractivity (Wildman–Crippen MR) is 85.8 cm³/mol. The van der Waals surface area contributed by atoms with Gasteiger partial charge in [-0.1, -0.05) is 53.5 Å². The van der Waals surface area contributed by atoms with Crippen LogP contribution in [0.25, 0.3) is 11.5 Å². The summed E-state index contributed by atoms with van der Waals surface area (Å²) in [6.07, 6.45) is 5.41. The smallest absolute Gasteiger partial charge is 0.256 e. The van der Waals surface area contributed by atoms with E-state index in [0.29, 0.717) is 18.1 Å². The molecule has 0 radical (unpaired) electrons. The van der Waals surface area contributed by atoms with E-state index in [1.807, 2.05) is 30.3 Å². The third-order valence-corrected chi connectivity index (χ3v) is 4.50. The molecule has 1 aromatic carbocycles. The molecule has 2 aromatic heterocycles. The summed E-state index contributed by atoms with van der Waals surface area (Å²) in [5.74, 6) is 0.850. The highest BCUT2D eigenvalue weighted by Gasteiger charge is 2.29. The Kier molecular flexibility index (Phi) is 4.08. The molecule has 0 spiro atoms. The van der Waals surface area contributed by atoms with E-state index in [9.17, 15) is 5.11 Å². The summed E-state index contributed by atoms with van der Waals surface area (Å²) in [6.45, 7) is 0.628. The maximum atomic E-state index is 10.3. The number of aliphatic hydroxyl groups is 1. The molecule has 1 N–H and O–H groups in total. The minimum atomic E-state index is -0.687. The molecule has 7 heteroatoms. The Labute approximate surface area is 139 Å². The van der Waals surface area contributed by atoms with Gasteiger partial charge in [0.2, 0.25) is 5.82 Å². The van der Waals surface area contributed by atoms with Gasteiger partial charge in [-0.3, -0.25) is 0 Å². The first kappa shape index (κ1) is 15.0. The first-order valence-corrected chi connectivity index (χ1v) is 8.26. The van der Waals surface area contributed by atoms with Crippen LogP contribution in [0, 0.1) is 5.92 Å². The molecule has 0 saturated heterocycles. The molecule has 7 nitrogen and oxygen atoms in total. The third-order valence-electron chi connectivity index (χ3n) is 4.50. The van der Waals surface area contributed by atoms with E-state index < -0.39 is 6.10 Å². The van der Waals surface area contributed by atoms with Gasteiger partial charge in [0.1, 0.15) is 6.10 Å². The number of rotatable bonds is 5. The van der Waals surface area contributed by atoms with Crippen LogP contribution in [0.3, 0.4) is 0 Å². The molecule has 1 atom stereocenters. The average molecular weight is 325 g/mol. The number of aromatic nitrogens is 5. The van der Waals surface area contributed by atoms with Crippen molar-refractivity contribution in [3.63, 3.8) is 0 Å². The van der Waals surface area contributed by atoms with Gasteiger partial charge in [-0.2, -0.15) is 4.98 Å². The van der Waals surface area contributed by atoms with Crippen LogP contribution in [0.4, 0.5) is 0 Å². The molecular formula is C17H19N5O2. The molecular weight excluding hydrogens is 306 g/mol. The van der Waals surface area contributed by atoms with Gasteiger partial charge in [-0.15, -0.1) is 5.10 Å². The maximum Gasteiger partial charge on any atom is 0.256 e. The van der Waals surface area contributed by atoms with Crippen LogP contribution in [0.1, 0.15) is 43.2 Å². The summed E-state index contributed by atoms with van der Waals surface area (Å²) >= 11 is 0. The molecule has 1 aliphatic carbocycles. The van der Waals surface area contributed by atoms with Crippen molar-refractivity contribution in [3.05, 3.63) is 48.0 Å². The standard InChI is InChI=1S/C17H19N5O2/c23-15(13-8-4-5-9-13)17-18-16(20-24-17)14-11-22(21-19-14)10-12-6-2-1-3-7-12/h1-3,6-7,11,13,15,23H,4-5,8-10H2. The summed E-state index contributed by atoms with van der Waals surface area (Å²) in [5.41, 5.74) is 1.68. The Bertz CT molecular complexity index is 792. The van der Waals surface area contributed by atoms with E-state index in [2.05, 4.69) is 20.5 Å². The zero-order valence-corrected chi connectivity index (χ0v) is 13.2. The minimum Gasteiger partial charge on any atom is -0.383 e. The molecule has 1 fully saturated rings. The molecule has 1 aliphatic rings. The first-order chi connectivity index (χ1) is 11.8. The molecule has 3 aromatic rings. The lowest BCUT2D eigenvalue weighted by Crippen LogP contribution is -2.09. The van der Waals surface area contributed by atoms with Gasteiger partial charge in [0.15, 0.2) is 5.69 Å². The number of aliphatic hydroxyl groups excluding tert-OH is 1. The molecule has 0 amide bonds. The van der Waals surface area contributed by atoms with Gasteiger partial charge in [0, 0.05) is 0 Å². The van der Waals surface area contributed by atoms with Crippen LogP contribution in [-0.4, -0.2) is 30.2 Å². The Morgan fingerprint density at radius 2 is 2.00 bits per heavy atom. The summed E-state index contributed by atoms with van der Waals surface area (Å²) in [4.78, 5) is 4.30. The van der Waals surface area contributed by atoms with Crippen LogP contribution in [0.5, 0.6) is 0 Å². The lowest BCUT2D eigenvalue weighted by atomic mass is 10.0. The zero-order valence-electron chi connectivity index (χ0n) is 13.2. The van der Waals surface area contributed by atoms with Crippen LogP contribution in [0.2, 0.25) is 0 Å². The first-order valence-electron chi connectivity index (χ1n) is 8.26. The second-order valence-corrected chi connectivity index (χ2v) is 6.23. The van der Waals surface area contributed by atoms with Crippen molar-refractivity contribution in [2.24, 2.45) is 5.92 Å². The molecule has 0 aliphatic heterocycles. The SMILES string of the molecule is OC(c1nc(-c2cn(Cc3ccccc3)nn2)no1)C1CCCC1. The molecule has 1 unspecified atom stereocenters. The van der Waals surface area contributed by atoms with Gasteiger partial charge in [0.05, 0.1) is 12.7 Å². The van der Waals surface area contributed by atoms with Gasteiger partial charge >= 0.3 is 0 Å². The lowest BCUT2D eigenvalue weighted by Gasteiger charge is -2.12. The van der Waals surface area contributed by atoms with Crippen molar-refractivity contribution in [1.29, 1.82) is 0 Å². The van der Waals surface area contributed by atoms with E-state index in [4.69, 9.17) is 4.52 Å². The second kappa shape index (κ2) is 6.52. The quantitative estimate of drug-likeness (QED) is 0.775. The fourth-order valence-electron chi connectivity index (χ4n) is 3.18. The largest absolute Gasteiger partial charge is 0.383 e. The average Bonchev–Trinajstić information content (AvgIpc) is 3.36. The fraction of sp³-hybridized carbons (Fsp3) is 0.412. The highest BCUT2D eigenvalue weighted by atomic mass is 16.5. The van der Waals surface area contributed by atoms with Crippen molar-refractivity contribution in [3.8, 4) is 11.5 Å². The summed E-state index contributed by atoms with van der Waals surface area (Å²) in [6, 6.07) is 10.0. The minimum absolute atomic E-state index is 0.215. The number of hydrogen-bond donors (Lipinski definition) is 1. The van der Waals surface area contributed by atoms with Crippen LogP contribution >= 0.6 is 0 Å². The van der Waals surface area contributed by atoms with Crippen LogP contribution in [-0.2, 0) is 6.54 Å². The van der Waals surface area contributed by atoms with Crippen LogP contribution in [0.15, 0.2) is 41.1 Å². The lowest BCUT2D eigenvalue weighted by molar-refractivity contribution is 0.0768. The molecule has 124 valence electrons. The second-order valence-electron chi connectivity index (χ2n) is 6.23. The highest BCUT2D eigenvalue weighted by Crippen LogP contribution is 2.35. The van der Waals surface area contributed by atoms with Gasteiger partial charge < -0.3 is 9.63 Å². The fourth-order valence-corrected chi connectivity index (χ4v) is 3.18. The zero-order chi connectivity index (χ0) is 16.4. The Hall–Kier alpha value is -2.54. The topological polar surface area (TPSA) is 89.9 Å². The van der Waals surface area contributed by atoms with E-state index in [1.54, 1.807) is 10.9 Å². The molecule has 4 rings (SSSR count). The van der Waals surface area contributed by atoms with Gasteiger partial charge in [-0.05, 0) is 24.3 Å². The van der Waals surface area contributed by atoms with Crippen molar-refractivity contribution in [2.45, 2.75) is 38.3 Å². The number of hydrogen-bond acceptors (Lipinski definition) is 6. The molecule has 24 heavy (non-hydrogen) atoms. The maximum absolute atomic E-state index is 10.3. The summed E-state index contributed by atoms with van der Waals surface area (Å²) in [5, 5.41) is 22.5. The van der Waals surface area contributed by atoms with Gasteiger partial charge in [-0.25, -0.2) is 4.68 Å². The van der Waals surface area contributed by atoms with E-state index in [1.165, 1.54) is 0 Å². The summed E-state index contributed by atoms with van der Waals surface area (Å²) in [7, 11) is 0. The Balaban J connectivity index is 1.48. The normalized spacial score (nSPS) is 16.5. The van der Waals surface area contributed by atoms with Crippen molar-refractivity contribution >= 4 is 0 Å². The van der Waals surface area contributed by atoms with Crippen molar-refractivity contribution in [1.82, 2.24) is 25.1 Å². The summed E-state index contributed by atoms with van der Waals surface area (Å²) < 4.78 is 6.96. The highest BCUT2D eigenvalue weighted by molar-refractivity contribution is 5.45. The van der Waals surface area contributed by atoms with E-state index >= 15 is 0 Å². The Morgan fingerprint density at radius 1 is 1.21 bits per heavy atom. The number of benzene rings is 1. The molecule has 0 bridgehead atoms. The molecule has 2 heterocycles. The monoisotopic (exact) mass is 325 g/mol. The van der Waals surface area contributed by atoms with Crippen LogP contribution < -0.4 is 0 Å². The van der Waals surface area contributed by atoms with E-state index in [-0.39, 0.29) is 11.8 Å². The van der Waals surface area contributed by atoms with Crippen molar-refractivity contribution in [2.75, 3.05) is 0 Å². The molecule has 1 saturated carbocycles. The third kappa shape index (κ3) is 3.07. The Morgan fingerprint density at radius 3 is 2.79 bits per heavy atom. The number of nitrogens with zero attached hydrogens (tertiary/aromatic N) is 5.